The summed E-state index contributed by atoms with van der Waals surface area (Å²) in [7, 11) is 1.70. The van der Waals surface area contributed by atoms with Gasteiger partial charge in [-0.05, 0) is 37.1 Å². The predicted octanol–water partition coefficient (Wildman–Crippen LogP) is 1.65. The SMILES string of the molecule is COc1ccc(N2CCC[C@]3(CNCCO3)C2)cc1. The first-order valence-corrected chi connectivity index (χ1v) is 7.05. The fourth-order valence-corrected chi connectivity index (χ4v) is 3.08. The molecule has 0 amide bonds. The molecule has 4 nitrogen and oxygen atoms in total. The minimum absolute atomic E-state index is 0.0103. The van der Waals surface area contributed by atoms with Gasteiger partial charge in [-0.3, -0.25) is 0 Å². The van der Waals surface area contributed by atoms with Crippen LogP contribution in [0.5, 0.6) is 5.75 Å². The number of rotatable bonds is 2. The van der Waals surface area contributed by atoms with Gasteiger partial charge in [0.2, 0.25) is 0 Å². The van der Waals surface area contributed by atoms with Crippen molar-refractivity contribution in [1.29, 1.82) is 0 Å². The molecule has 2 heterocycles. The standard InChI is InChI=1S/C15H22N2O2/c1-18-14-5-3-13(4-6-14)17-9-2-7-15(12-17)11-16-8-10-19-15/h3-6,16H,2,7-12H2,1H3/t15-/m0/s1. The maximum absolute atomic E-state index is 6.07. The molecular weight excluding hydrogens is 240 g/mol. The molecule has 3 rings (SSSR count). The van der Waals surface area contributed by atoms with Crippen molar-refractivity contribution in [3.05, 3.63) is 24.3 Å². The van der Waals surface area contributed by atoms with Crippen molar-refractivity contribution in [2.75, 3.05) is 44.8 Å². The Morgan fingerprint density at radius 2 is 2.16 bits per heavy atom. The summed E-state index contributed by atoms with van der Waals surface area (Å²) in [4.78, 5) is 2.43. The molecule has 1 spiro atoms. The number of benzene rings is 1. The number of methoxy groups -OCH3 is 1. The summed E-state index contributed by atoms with van der Waals surface area (Å²) in [5.41, 5.74) is 1.27. The molecule has 1 aromatic rings. The highest BCUT2D eigenvalue weighted by molar-refractivity contribution is 5.50. The normalized spacial score (nSPS) is 27.5. The Balaban J connectivity index is 1.73. The second-order valence-electron chi connectivity index (χ2n) is 5.43. The van der Waals surface area contributed by atoms with E-state index in [9.17, 15) is 0 Å². The summed E-state index contributed by atoms with van der Waals surface area (Å²) in [5.74, 6) is 0.908. The molecule has 2 fully saturated rings. The van der Waals surface area contributed by atoms with Gasteiger partial charge in [-0.25, -0.2) is 0 Å². The third-order valence-corrected chi connectivity index (χ3v) is 4.11. The first-order valence-electron chi connectivity index (χ1n) is 7.05. The van der Waals surface area contributed by atoms with Crippen LogP contribution in [0.15, 0.2) is 24.3 Å². The number of nitrogens with one attached hydrogen (secondary N) is 1. The van der Waals surface area contributed by atoms with Gasteiger partial charge in [0.1, 0.15) is 5.75 Å². The molecule has 1 atom stereocenters. The average molecular weight is 262 g/mol. The van der Waals surface area contributed by atoms with Gasteiger partial charge in [0.25, 0.3) is 0 Å². The number of hydrogen-bond acceptors (Lipinski definition) is 4. The van der Waals surface area contributed by atoms with Crippen LogP contribution in [0.4, 0.5) is 5.69 Å². The first kappa shape index (κ1) is 12.8. The zero-order valence-electron chi connectivity index (χ0n) is 11.5. The quantitative estimate of drug-likeness (QED) is 0.879. The van der Waals surface area contributed by atoms with Crippen molar-refractivity contribution >= 4 is 5.69 Å². The monoisotopic (exact) mass is 262 g/mol. The van der Waals surface area contributed by atoms with Crippen LogP contribution in [-0.4, -0.2) is 45.5 Å². The van der Waals surface area contributed by atoms with Gasteiger partial charge in [-0.2, -0.15) is 0 Å². The molecule has 0 radical (unpaired) electrons. The average Bonchev–Trinajstić information content (AvgIpc) is 2.48. The van der Waals surface area contributed by atoms with Crippen LogP contribution in [-0.2, 0) is 4.74 Å². The number of anilines is 1. The lowest BCUT2D eigenvalue weighted by atomic mass is 9.91. The number of morpholine rings is 1. The van der Waals surface area contributed by atoms with E-state index in [2.05, 4.69) is 22.3 Å². The van der Waals surface area contributed by atoms with Gasteiger partial charge in [0.15, 0.2) is 0 Å². The molecule has 0 unspecified atom stereocenters. The highest BCUT2D eigenvalue weighted by atomic mass is 16.5. The largest absolute Gasteiger partial charge is 0.497 e. The lowest BCUT2D eigenvalue weighted by molar-refractivity contribution is -0.0725. The zero-order valence-corrected chi connectivity index (χ0v) is 11.5. The Bertz CT molecular complexity index is 407. The molecule has 2 aliphatic rings. The van der Waals surface area contributed by atoms with Crippen molar-refractivity contribution < 1.29 is 9.47 Å². The van der Waals surface area contributed by atoms with Crippen LogP contribution < -0.4 is 15.0 Å². The molecule has 0 aromatic heterocycles. The number of piperidine rings is 1. The van der Waals surface area contributed by atoms with Gasteiger partial charge in [0.05, 0.1) is 19.3 Å². The Kier molecular flexibility index (Phi) is 3.62. The highest BCUT2D eigenvalue weighted by Gasteiger charge is 2.37. The van der Waals surface area contributed by atoms with Gasteiger partial charge in [0, 0.05) is 31.9 Å². The van der Waals surface area contributed by atoms with Crippen LogP contribution >= 0.6 is 0 Å². The molecule has 104 valence electrons. The molecule has 1 aromatic carbocycles. The molecule has 1 N–H and O–H groups in total. The van der Waals surface area contributed by atoms with E-state index in [0.717, 1.165) is 45.0 Å². The van der Waals surface area contributed by atoms with Crippen LogP contribution in [0.2, 0.25) is 0 Å². The van der Waals surface area contributed by atoms with E-state index in [1.807, 2.05) is 12.1 Å². The summed E-state index contributed by atoms with van der Waals surface area (Å²) < 4.78 is 11.3. The summed E-state index contributed by atoms with van der Waals surface area (Å²) in [5, 5.41) is 3.46. The van der Waals surface area contributed by atoms with Crippen molar-refractivity contribution in [3.63, 3.8) is 0 Å². The summed E-state index contributed by atoms with van der Waals surface area (Å²) in [6.45, 7) is 4.87. The van der Waals surface area contributed by atoms with Crippen molar-refractivity contribution in [1.82, 2.24) is 5.32 Å². The molecule has 0 saturated carbocycles. The lowest BCUT2D eigenvalue weighted by Gasteiger charge is -2.45. The van der Waals surface area contributed by atoms with Crippen LogP contribution in [0.1, 0.15) is 12.8 Å². The van der Waals surface area contributed by atoms with E-state index in [1.165, 1.54) is 12.1 Å². The Morgan fingerprint density at radius 3 is 2.84 bits per heavy atom. The third-order valence-electron chi connectivity index (χ3n) is 4.11. The third kappa shape index (κ3) is 2.69. The maximum Gasteiger partial charge on any atom is 0.119 e. The topological polar surface area (TPSA) is 33.7 Å². The Morgan fingerprint density at radius 1 is 1.32 bits per heavy atom. The summed E-state index contributed by atoms with van der Waals surface area (Å²) >= 11 is 0. The molecular formula is C15H22N2O2. The fraction of sp³-hybridized carbons (Fsp3) is 0.600. The zero-order chi connectivity index (χ0) is 13.1. The van der Waals surface area contributed by atoms with Crippen LogP contribution in [0, 0.1) is 0 Å². The van der Waals surface area contributed by atoms with E-state index in [-0.39, 0.29) is 5.60 Å². The van der Waals surface area contributed by atoms with E-state index in [1.54, 1.807) is 7.11 Å². The smallest absolute Gasteiger partial charge is 0.119 e. The molecule has 0 bridgehead atoms. The van der Waals surface area contributed by atoms with Gasteiger partial charge >= 0.3 is 0 Å². The maximum atomic E-state index is 6.07. The summed E-state index contributed by atoms with van der Waals surface area (Å²) in [6.07, 6.45) is 2.35. The minimum atomic E-state index is 0.0103. The van der Waals surface area contributed by atoms with Gasteiger partial charge in [-0.15, -0.1) is 0 Å². The predicted molar refractivity (Wildman–Crippen MR) is 76.0 cm³/mol. The van der Waals surface area contributed by atoms with Crippen LogP contribution in [0.3, 0.4) is 0 Å². The lowest BCUT2D eigenvalue weighted by Crippen LogP contribution is -2.58. The van der Waals surface area contributed by atoms with Gasteiger partial charge < -0.3 is 19.7 Å². The Labute approximate surface area is 114 Å². The second kappa shape index (κ2) is 5.39. The molecule has 0 aliphatic carbocycles. The molecule has 19 heavy (non-hydrogen) atoms. The first-order chi connectivity index (χ1) is 9.31. The molecule has 2 saturated heterocycles. The number of ether oxygens (including phenoxy) is 2. The fourth-order valence-electron chi connectivity index (χ4n) is 3.08. The number of nitrogens with zero attached hydrogens (tertiary/aromatic N) is 1. The van der Waals surface area contributed by atoms with Gasteiger partial charge in [-0.1, -0.05) is 0 Å². The van der Waals surface area contributed by atoms with E-state index < -0.39 is 0 Å². The molecule has 4 heteroatoms. The van der Waals surface area contributed by atoms with E-state index in [4.69, 9.17) is 9.47 Å². The highest BCUT2D eigenvalue weighted by Crippen LogP contribution is 2.30. The minimum Gasteiger partial charge on any atom is -0.497 e. The van der Waals surface area contributed by atoms with E-state index >= 15 is 0 Å². The van der Waals surface area contributed by atoms with Crippen molar-refractivity contribution in [2.45, 2.75) is 18.4 Å². The summed E-state index contributed by atoms with van der Waals surface area (Å²) in [6, 6.07) is 8.31. The number of hydrogen-bond donors (Lipinski definition) is 1. The second-order valence-corrected chi connectivity index (χ2v) is 5.43. The van der Waals surface area contributed by atoms with Crippen molar-refractivity contribution in [3.8, 4) is 5.75 Å². The Hall–Kier alpha value is -1.26. The van der Waals surface area contributed by atoms with Crippen LogP contribution in [0.25, 0.3) is 0 Å². The van der Waals surface area contributed by atoms with E-state index in [0.29, 0.717) is 0 Å². The van der Waals surface area contributed by atoms with Crippen molar-refractivity contribution in [2.24, 2.45) is 0 Å². The molecule has 2 aliphatic heterocycles.